The first-order valence-electron chi connectivity index (χ1n) is 6.56. The summed E-state index contributed by atoms with van der Waals surface area (Å²) in [6.45, 7) is 1.09. The topological polar surface area (TPSA) is 80.2 Å². The number of imidazole rings is 1. The van der Waals surface area contributed by atoms with Gasteiger partial charge in [0, 0.05) is 0 Å². The van der Waals surface area contributed by atoms with Crippen molar-refractivity contribution in [3.8, 4) is 0 Å². The number of carbonyl (C=O) groups excluding carboxylic acids is 1. The third-order valence-corrected chi connectivity index (χ3v) is 3.10. The van der Waals surface area contributed by atoms with Crippen molar-refractivity contribution >= 4 is 17.0 Å². The number of aromatic amines is 1. The molecule has 0 unspecified atom stereocenters. The predicted octanol–water partition coefficient (Wildman–Crippen LogP) is 2.23. The van der Waals surface area contributed by atoms with Crippen LogP contribution in [0, 0.1) is 0 Å². The van der Waals surface area contributed by atoms with Gasteiger partial charge in [-0.2, -0.15) is 0 Å². The second-order valence-electron chi connectivity index (χ2n) is 4.60. The second kappa shape index (κ2) is 5.80. The number of ether oxygens (including phenoxy) is 1. The van der Waals surface area contributed by atoms with Crippen LogP contribution in [0.1, 0.15) is 21.9 Å². The van der Waals surface area contributed by atoms with Crippen molar-refractivity contribution < 1.29 is 13.9 Å². The third-order valence-electron chi connectivity index (χ3n) is 3.10. The molecular formula is C15H15N3O3. The molecule has 2 heterocycles. The number of hydrogen-bond donors (Lipinski definition) is 2. The van der Waals surface area contributed by atoms with Gasteiger partial charge in [-0.3, -0.25) is 0 Å². The molecule has 3 rings (SSSR count). The number of para-hydroxylation sites is 2. The smallest absolute Gasteiger partial charge is 0.341 e. The fourth-order valence-corrected chi connectivity index (χ4v) is 2.09. The molecule has 0 aliphatic carbocycles. The molecule has 1 aromatic carbocycles. The molecule has 2 N–H and O–H groups in total. The summed E-state index contributed by atoms with van der Waals surface area (Å²) < 4.78 is 9.91. The highest BCUT2D eigenvalue weighted by molar-refractivity contribution is 5.88. The Morgan fingerprint density at radius 1 is 1.38 bits per heavy atom. The molecule has 108 valence electrons. The van der Waals surface area contributed by atoms with E-state index in [-0.39, 0.29) is 0 Å². The number of nitrogens with zero attached hydrogens (tertiary/aromatic N) is 1. The Morgan fingerprint density at radius 2 is 2.24 bits per heavy atom. The van der Waals surface area contributed by atoms with Gasteiger partial charge in [-0.05, 0) is 18.2 Å². The number of hydrogen-bond acceptors (Lipinski definition) is 5. The quantitative estimate of drug-likeness (QED) is 0.703. The molecular weight excluding hydrogens is 270 g/mol. The third kappa shape index (κ3) is 2.95. The second-order valence-corrected chi connectivity index (χ2v) is 4.60. The lowest BCUT2D eigenvalue weighted by atomic mass is 10.3. The van der Waals surface area contributed by atoms with Crippen molar-refractivity contribution in [2.24, 2.45) is 0 Å². The maximum absolute atomic E-state index is 11.3. The summed E-state index contributed by atoms with van der Waals surface area (Å²) in [5.74, 6) is 1.13. The van der Waals surface area contributed by atoms with Gasteiger partial charge in [-0.15, -0.1) is 0 Å². The van der Waals surface area contributed by atoms with Gasteiger partial charge in [0.2, 0.25) is 0 Å². The van der Waals surface area contributed by atoms with E-state index in [0.29, 0.717) is 24.4 Å². The Morgan fingerprint density at radius 3 is 3.05 bits per heavy atom. The highest BCUT2D eigenvalue weighted by atomic mass is 16.5. The number of benzene rings is 1. The molecule has 0 radical (unpaired) electrons. The first-order valence-corrected chi connectivity index (χ1v) is 6.56. The van der Waals surface area contributed by atoms with E-state index in [2.05, 4.69) is 20.0 Å². The molecule has 3 aromatic rings. The fraction of sp³-hybridized carbons (Fsp3) is 0.200. The lowest BCUT2D eigenvalue weighted by Gasteiger charge is -1.98. The number of carbonyl (C=O) groups is 1. The highest BCUT2D eigenvalue weighted by Crippen LogP contribution is 2.11. The van der Waals surface area contributed by atoms with Crippen molar-refractivity contribution in [2.75, 3.05) is 7.11 Å². The molecule has 0 fully saturated rings. The van der Waals surface area contributed by atoms with Gasteiger partial charge >= 0.3 is 5.97 Å². The van der Waals surface area contributed by atoms with Gasteiger partial charge in [0.15, 0.2) is 0 Å². The van der Waals surface area contributed by atoms with Gasteiger partial charge in [0.05, 0.1) is 36.8 Å². The van der Waals surface area contributed by atoms with E-state index >= 15 is 0 Å². The van der Waals surface area contributed by atoms with Gasteiger partial charge in [0.25, 0.3) is 0 Å². The van der Waals surface area contributed by atoms with Crippen molar-refractivity contribution in [1.82, 2.24) is 15.3 Å². The molecule has 6 heteroatoms. The van der Waals surface area contributed by atoms with E-state index in [1.165, 1.54) is 13.4 Å². The molecule has 2 aromatic heterocycles. The minimum Gasteiger partial charge on any atom is -0.467 e. The van der Waals surface area contributed by atoms with Gasteiger partial charge < -0.3 is 19.5 Å². The average molecular weight is 285 g/mol. The SMILES string of the molecule is COC(=O)c1coc(CNCc2nc3ccccc3[nH]2)c1. The fourth-order valence-electron chi connectivity index (χ4n) is 2.09. The van der Waals surface area contributed by atoms with Crippen molar-refractivity contribution in [3.05, 3.63) is 53.7 Å². The highest BCUT2D eigenvalue weighted by Gasteiger charge is 2.10. The van der Waals surface area contributed by atoms with Crippen LogP contribution < -0.4 is 5.32 Å². The van der Waals surface area contributed by atoms with Crippen LogP contribution >= 0.6 is 0 Å². The Hall–Kier alpha value is -2.60. The van der Waals surface area contributed by atoms with Crippen LogP contribution in [0.2, 0.25) is 0 Å². The van der Waals surface area contributed by atoms with E-state index in [0.717, 1.165) is 16.9 Å². The Labute approximate surface area is 121 Å². The first kappa shape index (κ1) is 13.4. The van der Waals surface area contributed by atoms with Gasteiger partial charge in [-0.1, -0.05) is 12.1 Å². The number of rotatable bonds is 5. The zero-order valence-electron chi connectivity index (χ0n) is 11.6. The molecule has 0 spiro atoms. The predicted molar refractivity (Wildman–Crippen MR) is 76.7 cm³/mol. The van der Waals surface area contributed by atoms with E-state index in [1.807, 2.05) is 24.3 Å². The molecule has 0 aliphatic heterocycles. The summed E-state index contributed by atoms with van der Waals surface area (Å²) in [7, 11) is 1.34. The van der Waals surface area contributed by atoms with Crippen molar-refractivity contribution in [2.45, 2.75) is 13.1 Å². The number of aromatic nitrogens is 2. The Kier molecular flexibility index (Phi) is 3.70. The summed E-state index contributed by atoms with van der Waals surface area (Å²) in [5, 5.41) is 3.21. The maximum atomic E-state index is 11.3. The summed E-state index contributed by atoms with van der Waals surface area (Å²) in [4.78, 5) is 19.0. The number of esters is 1. The van der Waals surface area contributed by atoms with Crippen LogP contribution in [-0.4, -0.2) is 23.0 Å². The van der Waals surface area contributed by atoms with E-state index in [4.69, 9.17) is 4.42 Å². The van der Waals surface area contributed by atoms with Gasteiger partial charge in [0.1, 0.15) is 17.8 Å². The summed E-state index contributed by atoms with van der Waals surface area (Å²) in [5.41, 5.74) is 2.37. The molecule has 0 amide bonds. The molecule has 21 heavy (non-hydrogen) atoms. The number of nitrogens with one attached hydrogen (secondary N) is 2. The van der Waals surface area contributed by atoms with Crippen LogP contribution in [0.5, 0.6) is 0 Å². The van der Waals surface area contributed by atoms with E-state index in [9.17, 15) is 4.79 Å². The number of methoxy groups -OCH3 is 1. The largest absolute Gasteiger partial charge is 0.467 e. The number of H-pyrrole nitrogens is 1. The summed E-state index contributed by atoms with van der Waals surface area (Å²) in [6.07, 6.45) is 1.39. The maximum Gasteiger partial charge on any atom is 0.341 e. The number of fused-ring (bicyclic) bond motifs is 1. The van der Waals surface area contributed by atoms with Crippen LogP contribution in [0.15, 0.2) is 41.0 Å². The molecule has 0 saturated carbocycles. The van der Waals surface area contributed by atoms with Crippen LogP contribution in [0.25, 0.3) is 11.0 Å². The van der Waals surface area contributed by atoms with Crippen molar-refractivity contribution in [1.29, 1.82) is 0 Å². The zero-order valence-corrected chi connectivity index (χ0v) is 11.6. The minimum atomic E-state index is -0.401. The average Bonchev–Trinajstić information content (AvgIpc) is 3.12. The first-order chi connectivity index (χ1) is 10.3. The molecule has 0 aliphatic rings. The van der Waals surface area contributed by atoms with Crippen molar-refractivity contribution in [3.63, 3.8) is 0 Å². The standard InChI is InChI=1S/C15H15N3O3/c1-20-15(19)10-6-11(21-9-10)7-16-8-14-17-12-4-2-3-5-13(12)18-14/h2-6,9,16H,7-8H2,1H3,(H,17,18). The molecule has 6 nitrogen and oxygen atoms in total. The lowest BCUT2D eigenvalue weighted by Crippen LogP contribution is -2.13. The number of furan rings is 1. The molecule has 0 bridgehead atoms. The summed E-state index contributed by atoms with van der Waals surface area (Å²) in [6, 6.07) is 9.54. The normalized spacial score (nSPS) is 10.9. The Balaban J connectivity index is 1.58. The monoisotopic (exact) mass is 285 g/mol. The van der Waals surface area contributed by atoms with Crippen LogP contribution in [0.4, 0.5) is 0 Å². The minimum absolute atomic E-state index is 0.401. The zero-order chi connectivity index (χ0) is 14.7. The van der Waals surface area contributed by atoms with E-state index in [1.54, 1.807) is 6.07 Å². The lowest BCUT2D eigenvalue weighted by molar-refractivity contribution is 0.0600. The van der Waals surface area contributed by atoms with E-state index < -0.39 is 5.97 Å². The molecule has 0 saturated heterocycles. The van der Waals surface area contributed by atoms with Crippen LogP contribution in [0.3, 0.4) is 0 Å². The summed E-state index contributed by atoms with van der Waals surface area (Å²) >= 11 is 0. The Bertz CT molecular complexity index is 727. The molecule has 0 atom stereocenters. The van der Waals surface area contributed by atoms with Gasteiger partial charge in [-0.25, -0.2) is 9.78 Å². The van der Waals surface area contributed by atoms with Crippen LogP contribution in [-0.2, 0) is 17.8 Å².